The summed E-state index contributed by atoms with van der Waals surface area (Å²) in [5.41, 5.74) is 1.56. The van der Waals surface area contributed by atoms with Crippen molar-refractivity contribution in [1.29, 1.82) is 0 Å². The first-order valence-corrected chi connectivity index (χ1v) is 7.59. The summed E-state index contributed by atoms with van der Waals surface area (Å²) < 4.78 is 18.6. The molecule has 0 saturated heterocycles. The average Bonchev–Trinajstić information content (AvgIpc) is 2.79. The molecule has 3 nitrogen and oxygen atoms in total. The number of rotatable bonds is 7. The van der Waals surface area contributed by atoms with E-state index in [0.717, 1.165) is 42.5 Å². The third-order valence-electron chi connectivity index (χ3n) is 4.06. The minimum atomic E-state index is -0.229. The third-order valence-corrected chi connectivity index (χ3v) is 4.06. The number of nitrogens with zero attached hydrogens (tertiary/aromatic N) is 1. The Labute approximate surface area is 125 Å². The molecule has 4 heteroatoms. The van der Waals surface area contributed by atoms with Gasteiger partial charge in [0.25, 0.3) is 0 Å². The van der Waals surface area contributed by atoms with Gasteiger partial charge in [-0.3, -0.25) is 0 Å². The van der Waals surface area contributed by atoms with Crippen LogP contribution in [-0.4, -0.2) is 22.7 Å². The molecule has 0 spiro atoms. The fraction of sp³-hybridized carbons (Fsp3) is 0.588. The molecule has 2 aromatic rings. The molecule has 0 saturated carbocycles. The number of aromatic amines is 1. The van der Waals surface area contributed by atoms with Crippen molar-refractivity contribution in [1.82, 2.24) is 9.97 Å². The Balaban J connectivity index is 1.88. The van der Waals surface area contributed by atoms with E-state index in [1.165, 1.54) is 12.1 Å². The number of fused-ring (bicyclic) bond motifs is 1. The lowest BCUT2D eigenvalue weighted by molar-refractivity contribution is 0.0127. The van der Waals surface area contributed by atoms with Crippen LogP contribution in [0.25, 0.3) is 11.0 Å². The van der Waals surface area contributed by atoms with Crippen LogP contribution in [0.3, 0.4) is 0 Å². The van der Waals surface area contributed by atoms with Gasteiger partial charge < -0.3 is 9.72 Å². The van der Waals surface area contributed by atoms with Crippen molar-refractivity contribution in [3.05, 3.63) is 29.8 Å². The van der Waals surface area contributed by atoms with Crippen molar-refractivity contribution >= 4 is 11.0 Å². The van der Waals surface area contributed by atoms with E-state index >= 15 is 0 Å². The Kier molecular flexibility index (Phi) is 4.99. The van der Waals surface area contributed by atoms with Crippen molar-refractivity contribution in [2.75, 3.05) is 7.11 Å². The van der Waals surface area contributed by atoms with Gasteiger partial charge >= 0.3 is 0 Å². The molecule has 1 atom stereocenters. The summed E-state index contributed by atoms with van der Waals surface area (Å²) in [5.74, 6) is 1.25. The molecule has 1 N–H and O–H groups in total. The fourth-order valence-electron chi connectivity index (χ4n) is 2.54. The molecule has 1 aromatic carbocycles. The number of hydrogen-bond acceptors (Lipinski definition) is 2. The Morgan fingerprint density at radius 2 is 2.14 bits per heavy atom. The molecule has 0 aliphatic rings. The van der Waals surface area contributed by atoms with Crippen LogP contribution in [0.5, 0.6) is 0 Å². The highest BCUT2D eigenvalue weighted by Crippen LogP contribution is 2.21. The topological polar surface area (TPSA) is 37.9 Å². The quantitative estimate of drug-likeness (QED) is 0.817. The van der Waals surface area contributed by atoms with Gasteiger partial charge in [0.05, 0.1) is 16.6 Å². The van der Waals surface area contributed by atoms with Crippen LogP contribution in [-0.2, 0) is 11.2 Å². The lowest BCUT2D eigenvalue weighted by Crippen LogP contribution is -2.22. The van der Waals surface area contributed by atoms with Gasteiger partial charge in [-0.1, -0.05) is 19.8 Å². The maximum atomic E-state index is 13.2. The molecule has 0 amide bonds. The van der Waals surface area contributed by atoms with Gasteiger partial charge in [0.15, 0.2) is 0 Å². The van der Waals surface area contributed by atoms with Crippen molar-refractivity contribution in [2.24, 2.45) is 5.92 Å². The van der Waals surface area contributed by atoms with E-state index in [9.17, 15) is 4.39 Å². The van der Waals surface area contributed by atoms with Gasteiger partial charge in [-0.2, -0.15) is 0 Å². The molecule has 0 fully saturated rings. The molecule has 1 aromatic heterocycles. The molecule has 0 aliphatic heterocycles. The van der Waals surface area contributed by atoms with E-state index in [1.54, 1.807) is 13.2 Å². The molecular weight excluding hydrogens is 267 g/mol. The van der Waals surface area contributed by atoms with Crippen LogP contribution in [0.4, 0.5) is 4.39 Å². The second kappa shape index (κ2) is 6.56. The molecule has 2 rings (SSSR count). The van der Waals surface area contributed by atoms with Crippen LogP contribution < -0.4 is 0 Å². The summed E-state index contributed by atoms with van der Waals surface area (Å²) >= 11 is 0. The predicted molar refractivity (Wildman–Crippen MR) is 83.9 cm³/mol. The maximum absolute atomic E-state index is 13.2. The number of benzene rings is 1. The largest absolute Gasteiger partial charge is 0.379 e. The van der Waals surface area contributed by atoms with E-state index in [2.05, 4.69) is 30.7 Å². The summed E-state index contributed by atoms with van der Waals surface area (Å²) in [6.07, 6.45) is 4.22. The van der Waals surface area contributed by atoms with Crippen molar-refractivity contribution in [3.8, 4) is 0 Å². The minimum absolute atomic E-state index is 0.0450. The lowest BCUT2D eigenvalue weighted by atomic mass is 9.95. The molecule has 0 aliphatic carbocycles. The Morgan fingerprint density at radius 3 is 2.86 bits per heavy atom. The number of hydrogen-bond donors (Lipinski definition) is 1. The monoisotopic (exact) mass is 292 g/mol. The molecule has 1 heterocycles. The van der Waals surface area contributed by atoms with E-state index in [4.69, 9.17) is 4.74 Å². The normalized spacial score (nSPS) is 13.8. The summed E-state index contributed by atoms with van der Waals surface area (Å²) in [5, 5.41) is 0. The number of nitrogens with one attached hydrogen (secondary N) is 1. The van der Waals surface area contributed by atoms with Gasteiger partial charge in [0.1, 0.15) is 11.6 Å². The highest BCUT2D eigenvalue weighted by molar-refractivity contribution is 5.74. The van der Waals surface area contributed by atoms with Crippen molar-refractivity contribution < 1.29 is 9.13 Å². The van der Waals surface area contributed by atoms with Crippen LogP contribution in [0, 0.1) is 11.7 Å². The smallest absolute Gasteiger partial charge is 0.125 e. The number of aromatic nitrogens is 2. The highest BCUT2D eigenvalue weighted by Gasteiger charge is 2.16. The summed E-state index contributed by atoms with van der Waals surface area (Å²) in [6.45, 7) is 6.46. The van der Waals surface area contributed by atoms with E-state index in [-0.39, 0.29) is 11.4 Å². The number of halogens is 1. The van der Waals surface area contributed by atoms with Gasteiger partial charge in [-0.25, -0.2) is 9.37 Å². The summed E-state index contributed by atoms with van der Waals surface area (Å²) in [7, 11) is 1.76. The van der Waals surface area contributed by atoms with E-state index in [0.29, 0.717) is 5.92 Å². The molecule has 116 valence electrons. The number of methoxy groups -OCH3 is 1. The zero-order valence-corrected chi connectivity index (χ0v) is 13.4. The Morgan fingerprint density at radius 1 is 1.38 bits per heavy atom. The second-order valence-corrected chi connectivity index (χ2v) is 6.51. The average molecular weight is 292 g/mol. The maximum Gasteiger partial charge on any atom is 0.125 e. The molecule has 21 heavy (non-hydrogen) atoms. The van der Waals surface area contributed by atoms with Crippen molar-refractivity contribution in [3.63, 3.8) is 0 Å². The Hall–Kier alpha value is -1.42. The molecule has 0 unspecified atom stereocenters. The zero-order valence-electron chi connectivity index (χ0n) is 13.4. The summed E-state index contributed by atoms with van der Waals surface area (Å²) in [4.78, 5) is 7.73. The van der Waals surface area contributed by atoms with E-state index in [1.807, 2.05) is 0 Å². The van der Waals surface area contributed by atoms with Crippen molar-refractivity contribution in [2.45, 2.75) is 52.1 Å². The Bertz CT molecular complexity index is 591. The number of H-pyrrole nitrogens is 1. The van der Waals surface area contributed by atoms with Gasteiger partial charge in [0.2, 0.25) is 0 Å². The molecule has 0 bridgehead atoms. The number of imidazole rings is 1. The lowest BCUT2D eigenvalue weighted by Gasteiger charge is -2.23. The fourth-order valence-corrected chi connectivity index (χ4v) is 2.54. The standard InChI is InChI=1S/C17H25FN2O/c1-12(6-5-9-17(2,3)21-4)10-16-19-14-8-7-13(18)11-15(14)20-16/h7-8,11-12H,5-6,9-10H2,1-4H3,(H,19,20)/t12-/m0/s1. The molecular formula is C17H25FN2O. The zero-order chi connectivity index (χ0) is 15.5. The van der Waals surface area contributed by atoms with Gasteiger partial charge in [-0.15, -0.1) is 0 Å². The number of ether oxygens (including phenoxy) is 1. The molecule has 0 radical (unpaired) electrons. The van der Waals surface area contributed by atoms with Gasteiger partial charge in [-0.05, 0) is 44.4 Å². The van der Waals surface area contributed by atoms with Crippen LogP contribution in [0.2, 0.25) is 0 Å². The van der Waals surface area contributed by atoms with Crippen LogP contribution in [0.15, 0.2) is 18.2 Å². The summed E-state index contributed by atoms with van der Waals surface area (Å²) in [6, 6.07) is 4.66. The first-order chi connectivity index (χ1) is 9.89. The van der Waals surface area contributed by atoms with Crippen LogP contribution >= 0.6 is 0 Å². The first-order valence-electron chi connectivity index (χ1n) is 7.59. The van der Waals surface area contributed by atoms with E-state index < -0.39 is 0 Å². The van der Waals surface area contributed by atoms with Gasteiger partial charge in [0, 0.05) is 13.5 Å². The predicted octanol–water partition coefficient (Wildman–Crippen LogP) is 4.48. The first kappa shape index (κ1) is 16.0. The third kappa shape index (κ3) is 4.53. The highest BCUT2D eigenvalue weighted by atomic mass is 19.1. The SMILES string of the molecule is COC(C)(C)CCC[C@H](C)Cc1nc2ccc(F)cc2[nH]1. The second-order valence-electron chi connectivity index (χ2n) is 6.51. The van der Waals surface area contributed by atoms with Crippen LogP contribution in [0.1, 0.15) is 45.9 Å². The minimum Gasteiger partial charge on any atom is -0.379 e.